The highest BCUT2D eigenvalue weighted by Gasteiger charge is 2.26. The van der Waals surface area contributed by atoms with Crippen LogP contribution in [0, 0.1) is 5.41 Å². The molecule has 0 radical (unpaired) electrons. The molecule has 0 saturated heterocycles. The number of nitrogens with two attached hydrogens (primary N) is 1. The summed E-state index contributed by atoms with van der Waals surface area (Å²) in [5, 5.41) is -1.06. The molecule has 70 valence electrons. The van der Waals surface area contributed by atoms with Gasteiger partial charge in [-0.3, -0.25) is 4.79 Å². The number of rotatable bonds is 1. The zero-order valence-electron chi connectivity index (χ0n) is 7.33. The van der Waals surface area contributed by atoms with Crippen molar-refractivity contribution in [3.63, 3.8) is 0 Å². The van der Waals surface area contributed by atoms with Gasteiger partial charge in [-0.05, 0) is 20.8 Å². The van der Waals surface area contributed by atoms with Crippen molar-refractivity contribution in [1.82, 2.24) is 0 Å². The molecule has 0 aromatic rings. The lowest BCUT2D eigenvalue weighted by Crippen LogP contribution is -2.33. The van der Waals surface area contributed by atoms with Crippen LogP contribution < -0.4 is 5.73 Å². The van der Waals surface area contributed by atoms with Crippen LogP contribution in [0.3, 0.4) is 0 Å². The van der Waals surface area contributed by atoms with E-state index in [9.17, 15) is 9.59 Å². The van der Waals surface area contributed by atoms with Crippen LogP contribution in [0.5, 0.6) is 0 Å². The maximum Gasteiger partial charge on any atom is 0.340 e. The van der Waals surface area contributed by atoms with Crippen LogP contribution in [0.2, 0.25) is 0 Å². The Labute approximate surface area is 76.9 Å². The number of carbonyl (C=O) groups excluding carboxylic acids is 2. The lowest BCUT2D eigenvalue weighted by atomic mass is 9.97. The Morgan fingerprint density at radius 1 is 1.42 bits per heavy atom. The highest BCUT2D eigenvalue weighted by molar-refractivity contribution is 7.81. The van der Waals surface area contributed by atoms with Crippen LogP contribution in [0.1, 0.15) is 20.8 Å². The minimum atomic E-state index is -1.06. The van der Waals surface area contributed by atoms with Gasteiger partial charge in [-0.15, -0.1) is 12.6 Å². The maximum absolute atomic E-state index is 11.0. The van der Waals surface area contributed by atoms with E-state index in [1.807, 2.05) is 0 Å². The molecule has 0 spiro atoms. The van der Waals surface area contributed by atoms with E-state index in [0.29, 0.717) is 0 Å². The fourth-order valence-corrected chi connectivity index (χ4v) is 0.358. The van der Waals surface area contributed by atoms with Crippen LogP contribution in [0.4, 0.5) is 0 Å². The van der Waals surface area contributed by atoms with E-state index < -0.39 is 22.7 Å². The largest absolute Gasteiger partial charge is 0.391 e. The standard InChI is InChI=1S/C7H13NO3S/c1-7(2,3)6(10)11-5(9)4(8)12/h4,12H,8H2,1-3H3. The van der Waals surface area contributed by atoms with Crippen LogP contribution in [0.25, 0.3) is 0 Å². The third kappa shape index (κ3) is 3.73. The average Bonchev–Trinajstić information content (AvgIpc) is 1.85. The summed E-state index contributed by atoms with van der Waals surface area (Å²) in [6.07, 6.45) is 0. The van der Waals surface area contributed by atoms with E-state index in [1.165, 1.54) is 0 Å². The lowest BCUT2D eigenvalue weighted by Gasteiger charge is -2.15. The first kappa shape index (κ1) is 11.4. The minimum absolute atomic E-state index is 0.600. The van der Waals surface area contributed by atoms with Crippen molar-refractivity contribution in [2.45, 2.75) is 26.1 Å². The molecule has 1 unspecified atom stereocenters. The highest BCUT2D eigenvalue weighted by atomic mass is 32.1. The fourth-order valence-electron chi connectivity index (χ4n) is 0.305. The smallest absolute Gasteiger partial charge is 0.340 e. The van der Waals surface area contributed by atoms with Gasteiger partial charge in [0.25, 0.3) is 0 Å². The molecule has 4 nitrogen and oxygen atoms in total. The van der Waals surface area contributed by atoms with Gasteiger partial charge in [-0.2, -0.15) is 0 Å². The number of hydrogen-bond donors (Lipinski definition) is 2. The van der Waals surface area contributed by atoms with E-state index in [4.69, 9.17) is 5.73 Å². The Morgan fingerprint density at radius 3 is 2.08 bits per heavy atom. The Hall–Kier alpha value is -0.550. The van der Waals surface area contributed by atoms with E-state index in [0.717, 1.165) is 0 Å². The first-order valence-corrected chi connectivity index (χ1v) is 3.96. The molecule has 0 bridgehead atoms. The maximum atomic E-state index is 11.0. The van der Waals surface area contributed by atoms with Gasteiger partial charge in [0, 0.05) is 0 Å². The molecule has 5 heteroatoms. The molecule has 0 amide bonds. The highest BCUT2D eigenvalue weighted by Crippen LogP contribution is 2.15. The van der Waals surface area contributed by atoms with Gasteiger partial charge < -0.3 is 10.5 Å². The Morgan fingerprint density at radius 2 is 1.83 bits per heavy atom. The van der Waals surface area contributed by atoms with Crippen LogP contribution in [0.15, 0.2) is 0 Å². The van der Waals surface area contributed by atoms with Crippen LogP contribution in [-0.2, 0) is 14.3 Å². The SMILES string of the molecule is CC(C)(C)C(=O)OC(=O)C(N)S. The number of esters is 2. The number of carbonyl (C=O) groups is 2. The van der Waals surface area contributed by atoms with Crippen molar-refractivity contribution in [1.29, 1.82) is 0 Å². The summed E-state index contributed by atoms with van der Waals surface area (Å²) in [5.41, 5.74) is 4.37. The zero-order valence-corrected chi connectivity index (χ0v) is 8.22. The normalized spacial score (nSPS) is 13.8. The molecule has 0 heterocycles. The van der Waals surface area contributed by atoms with E-state index in [1.54, 1.807) is 20.8 Å². The molecule has 0 rings (SSSR count). The van der Waals surface area contributed by atoms with Crippen LogP contribution >= 0.6 is 12.6 Å². The number of thiol groups is 1. The van der Waals surface area contributed by atoms with Crippen molar-refractivity contribution in [2.75, 3.05) is 0 Å². The fraction of sp³-hybridized carbons (Fsp3) is 0.714. The average molecular weight is 191 g/mol. The summed E-state index contributed by atoms with van der Waals surface area (Å²) in [5.74, 6) is -1.42. The molecule has 0 fully saturated rings. The van der Waals surface area contributed by atoms with Crippen molar-refractivity contribution in [3.05, 3.63) is 0 Å². The van der Waals surface area contributed by atoms with Crippen molar-refractivity contribution in [2.24, 2.45) is 11.1 Å². The van der Waals surface area contributed by atoms with Gasteiger partial charge in [0.2, 0.25) is 0 Å². The summed E-state index contributed by atoms with van der Waals surface area (Å²) >= 11 is 3.61. The van der Waals surface area contributed by atoms with E-state index in [-0.39, 0.29) is 0 Å². The van der Waals surface area contributed by atoms with Gasteiger partial charge in [-0.25, -0.2) is 4.79 Å². The minimum Gasteiger partial charge on any atom is -0.391 e. The van der Waals surface area contributed by atoms with Crippen LogP contribution in [-0.4, -0.2) is 17.3 Å². The second-order valence-electron chi connectivity index (χ2n) is 3.40. The summed E-state index contributed by atoms with van der Waals surface area (Å²) in [6, 6.07) is 0. The molecule has 0 aliphatic heterocycles. The first-order chi connectivity index (χ1) is 5.25. The Kier molecular flexibility index (Phi) is 3.73. The molecule has 0 aliphatic rings. The molecule has 12 heavy (non-hydrogen) atoms. The zero-order chi connectivity index (χ0) is 9.94. The van der Waals surface area contributed by atoms with Crippen molar-refractivity contribution in [3.8, 4) is 0 Å². The molecule has 0 aliphatic carbocycles. The second kappa shape index (κ2) is 3.91. The molecule has 0 aromatic heterocycles. The summed E-state index contributed by atoms with van der Waals surface area (Å²) in [6.45, 7) is 4.94. The lowest BCUT2D eigenvalue weighted by molar-refractivity contribution is -0.165. The van der Waals surface area contributed by atoms with Crippen molar-refractivity contribution >= 4 is 24.6 Å². The summed E-state index contributed by atoms with van der Waals surface area (Å²) < 4.78 is 4.40. The van der Waals surface area contributed by atoms with Gasteiger partial charge >= 0.3 is 11.9 Å². The monoisotopic (exact) mass is 191 g/mol. The topological polar surface area (TPSA) is 69.4 Å². The molecule has 0 saturated carbocycles. The Balaban J connectivity index is 4.12. The number of ether oxygens (including phenoxy) is 1. The summed E-state index contributed by atoms with van der Waals surface area (Å²) in [4.78, 5) is 21.8. The third-order valence-corrected chi connectivity index (χ3v) is 1.26. The second-order valence-corrected chi connectivity index (χ2v) is 3.96. The van der Waals surface area contributed by atoms with Gasteiger partial charge in [0.1, 0.15) is 5.37 Å². The molecular formula is C7H13NO3S. The quantitative estimate of drug-likeness (QED) is 0.271. The molecule has 0 aromatic carbocycles. The molecule has 1 atom stereocenters. The number of hydrogen-bond acceptors (Lipinski definition) is 5. The van der Waals surface area contributed by atoms with E-state index in [2.05, 4.69) is 17.4 Å². The predicted molar refractivity (Wildman–Crippen MR) is 47.5 cm³/mol. The van der Waals surface area contributed by atoms with Crippen molar-refractivity contribution < 1.29 is 14.3 Å². The third-order valence-electron chi connectivity index (χ3n) is 1.05. The van der Waals surface area contributed by atoms with Gasteiger partial charge in [0.15, 0.2) is 0 Å². The first-order valence-electron chi connectivity index (χ1n) is 3.45. The van der Waals surface area contributed by atoms with E-state index >= 15 is 0 Å². The van der Waals surface area contributed by atoms with Gasteiger partial charge in [0.05, 0.1) is 5.41 Å². The molecular weight excluding hydrogens is 178 g/mol. The summed E-state index contributed by atoms with van der Waals surface area (Å²) in [7, 11) is 0. The molecule has 2 N–H and O–H groups in total. The van der Waals surface area contributed by atoms with Gasteiger partial charge in [-0.1, -0.05) is 0 Å². The predicted octanol–water partition coefficient (Wildman–Crippen LogP) is 0.317. The Bertz CT molecular complexity index is 195.